The molecule has 0 N–H and O–H groups in total. The van der Waals surface area contributed by atoms with Gasteiger partial charge >= 0.3 is 5.97 Å². The summed E-state index contributed by atoms with van der Waals surface area (Å²) in [4.78, 5) is 10.4. The van der Waals surface area contributed by atoms with Gasteiger partial charge in [0.25, 0.3) is 0 Å². The fourth-order valence-electron chi connectivity index (χ4n) is 1.16. The molecular formula is C12H21FO2S. The van der Waals surface area contributed by atoms with Crippen molar-refractivity contribution >= 4 is 17.7 Å². The quantitative estimate of drug-likeness (QED) is 0.454. The van der Waals surface area contributed by atoms with Crippen LogP contribution in [0.5, 0.6) is 0 Å². The number of carbonyl (C=O) groups excluding carboxylic acids is 1. The van der Waals surface area contributed by atoms with E-state index in [1.165, 1.54) is 44.0 Å². The van der Waals surface area contributed by atoms with Crippen LogP contribution in [0, 0.1) is 0 Å². The van der Waals surface area contributed by atoms with Gasteiger partial charge in [-0.15, -0.1) is 0 Å². The van der Waals surface area contributed by atoms with Crippen LogP contribution in [0.2, 0.25) is 0 Å². The van der Waals surface area contributed by atoms with Crippen molar-refractivity contribution in [3.8, 4) is 0 Å². The monoisotopic (exact) mass is 248 g/mol. The van der Waals surface area contributed by atoms with Crippen LogP contribution in [0.15, 0.2) is 11.2 Å². The molecule has 0 aliphatic carbocycles. The van der Waals surface area contributed by atoms with Crippen molar-refractivity contribution < 1.29 is 13.9 Å². The van der Waals surface area contributed by atoms with Crippen molar-refractivity contribution in [2.45, 2.75) is 46.0 Å². The van der Waals surface area contributed by atoms with Crippen molar-refractivity contribution in [1.82, 2.24) is 0 Å². The Kier molecular flexibility index (Phi) is 10.6. The number of esters is 1. The maximum absolute atomic E-state index is 13.1. The minimum absolute atomic E-state index is 0.0317. The molecule has 0 radical (unpaired) electrons. The number of unbranched alkanes of at least 4 members (excludes halogenated alkanes) is 4. The van der Waals surface area contributed by atoms with Crippen molar-refractivity contribution in [3.05, 3.63) is 11.2 Å². The Bertz CT molecular complexity index is 217. The molecule has 16 heavy (non-hydrogen) atoms. The van der Waals surface area contributed by atoms with Gasteiger partial charge in [0.15, 0.2) is 5.16 Å². The molecule has 0 saturated carbocycles. The highest BCUT2D eigenvalue weighted by Crippen LogP contribution is 2.19. The first-order valence-corrected chi connectivity index (χ1v) is 6.77. The summed E-state index contributed by atoms with van der Waals surface area (Å²) < 4.78 is 17.7. The Morgan fingerprint density at radius 2 is 2.00 bits per heavy atom. The molecule has 0 aromatic rings. The summed E-state index contributed by atoms with van der Waals surface area (Å²) in [6.07, 6.45) is 7.23. The summed E-state index contributed by atoms with van der Waals surface area (Å²) in [5, 5.41) is -0.253. The topological polar surface area (TPSA) is 26.3 Å². The number of halogens is 1. The maximum atomic E-state index is 13.1. The van der Waals surface area contributed by atoms with E-state index in [9.17, 15) is 9.18 Å². The van der Waals surface area contributed by atoms with Gasteiger partial charge in [-0.25, -0.2) is 0 Å². The normalized spacial score (nSPS) is 11.6. The van der Waals surface area contributed by atoms with Gasteiger partial charge in [-0.1, -0.05) is 44.4 Å². The molecule has 0 bridgehead atoms. The summed E-state index contributed by atoms with van der Waals surface area (Å²) >= 11 is 1.19. The average molecular weight is 248 g/mol. The lowest BCUT2D eigenvalue weighted by atomic mass is 10.2. The number of hydrogen-bond acceptors (Lipinski definition) is 3. The molecule has 0 rings (SSSR count). The van der Waals surface area contributed by atoms with E-state index in [2.05, 4.69) is 11.7 Å². The molecule has 4 heteroatoms. The maximum Gasteiger partial charge on any atom is 0.302 e. The third-order valence-corrected chi connectivity index (χ3v) is 2.95. The van der Waals surface area contributed by atoms with Gasteiger partial charge in [-0.2, -0.15) is 4.39 Å². The van der Waals surface area contributed by atoms with Crippen LogP contribution in [-0.2, 0) is 9.53 Å². The lowest BCUT2D eigenvalue weighted by molar-refractivity contribution is -0.139. The van der Waals surface area contributed by atoms with Gasteiger partial charge in [0.1, 0.15) is 6.61 Å². The Morgan fingerprint density at radius 1 is 1.31 bits per heavy atom. The molecule has 0 unspecified atom stereocenters. The molecule has 2 nitrogen and oxygen atoms in total. The number of hydrogen-bond donors (Lipinski definition) is 0. The molecule has 0 aliphatic heterocycles. The van der Waals surface area contributed by atoms with Crippen LogP contribution in [0.4, 0.5) is 4.39 Å². The predicted octanol–water partition coefficient (Wildman–Crippen LogP) is 4.06. The number of carbonyl (C=O) groups is 1. The zero-order valence-electron chi connectivity index (χ0n) is 10.1. The van der Waals surface area contributed by atoms with E-state index in [1.54, 1.807) is 0 Å². The predicted molar refractivity (Wildman–Crippen MR) is 67.0 cm³/mol. The fourth-order valence-corrected chi connectivity index (χ4v) is 1.89. The third-order valence-electron chi connectivity index (χ3n) is 2.02. The zero-order valence-corrected chi connectivity index (χ0v) is 10.9. The highest BCUT2D eigenvalue weighted by Gasteiger charge is 1.97. The highest BCUT2D eigenvalue weighted by atomic mass is 32.2. The van der Waals surface area contributed by atoms with Gasteiger partial charge < -0.3 is 4.74 Å². The molecule has 94 valence electrons. The van der Waals surface area contributed by atoms with Gasteiger partial charge in [0, 0.05) is 12.7 Å². The molecule has 0 fully saturated rings. The third kappa shape index (κ3) is 11.6. The summed E-state index contributed by atoms with van der Waals surface area (Å²) in [5.41, 5.74) is 0. The van der Waals surface area contributed by atoms with Crippen molar-refractivity contribution in [1.29, 1.82) is 0 Å². The smallest absolute Gasteiger partial charge is 0.302 e. The molecule has 0 spiro atoms. The summed E-state index contributed by atoms with van der Waals surface area (Å²) in [6.45, 7) is 3.52. The molecule has 0 aromatic carbocycles. The van der Waals surface area contributed by atoms with E-state index in [4.69, 9.17) is 0 Å². The van der Waals surface area contributed by atoms with Crippen molar-refractivity contribution in [3.63, 3.8) is 0 Å². The Balaban J connectivity index is 3.35. The Morgan fingerprint density at radius 3 is 2.62 bits per heavy atom. The second-order valence-electron chi connectivity index (χ2n) is 3.57. The lowest BCUT2D eigenvalue weighted by Crippen LogP contribution is -1.97. The van der Waals surface area contributed by atoms with Crippen LogP contribution < -0.4 is 0 Å². The van der Waals surface area contributed by atoms with Crippen LogP contribution >= 0.6 is 11.8 Å². The summed E-state index contributed by atoms with van der Waals surface area (Å²) in [5.74, 6) is 0.417. The Labute approximate surface area is 102 Å². The highest BCUT2D eigenvalue weighted by molar-refractivity contribution is 8.02. The van der Waals surface area contributed by atoms with Gasteiger partial charge in [0.05, 0.1) is 0 Å². The Hall–Kier alpha value is -0.510. The second-order valence-corrected chi connectivity index (χ2v) is 4.66. The van der Waals surface area contributed by atoms with Crippen molar-refractivity contribution in [2.75, 3.05) is 12.4 Å². The molecule has 0 heterocycles. The van der Waals surface area contributed by atoms with Crippen LogP contribution in [-0.4, -0.2) is 18.3 Å². The van der Waals surface area contributed by atoms with Gasteiger partial charge in [-0.05, 0) is 12.5 Å². The van der Waals surface area contributed by atoms with E-state index in [-0.39, 0.29) is 17.7 Å². The van der Waals surface area contributed by atoms with E-state index >= 15 is 0 Å². The molecular weight excluding hydrogens is 227 g/mol. The number of ether oxygens (including phenoxy) is 1. The second kappa shape index (κ2) is 11.0. The average Bonchev–Trinajstić information content (AvgIpc) is 2.22. The largest absolute Gasteiger partial charge is 0.462 e. The zero-order chi connectivity index (χ0) is 12.2. The van der Waals surface area contributed by atoms with Crippen LogP contribution in [0.3, 0.4) is 0 Å². The first-order valence-electron chi connectivity index (χ1n) is 5.78. The SMILES string of the molecule is CCCCCCCS/C(F)=C\COC(C)=O. The molecule has 0 saturated heterocycles. The van der Waals surface area contributed by atoms with E-state index in [0.29, 0.717) is 0 Å². The van der Waals surface area contributed by atoms with Gasteiger partial charge in [0.2, 0.25) is 0 Å². The van der Waals surface area contributed by atoms with Crippen LogP contribution in [0.1, 0.15) is 46.0 Å². The fraction of sp³-hybridized carbons (Fsp3) is 0.750. The first kappa shape index (κ1) is 15.5. The summed E-state index contributed by atoms with van der Waals surface area (Å²) in [6, 6.07) is 0. The van der Waals surface area contributed by atoms with E-state index in [1.807, 2.05) is 0 Å². The lowest BCUT2D eigenvalue weighted by Gasteiger charge is -2.00. The number of thioether (sulfide) groups is 1. The van der Waals surface area contributed by atoms with E-state index < -0.39 is 0 Å². The number of rotatable bonds is 9. The molecule has 0 aromatic heterocycles. The standard InChI is InChI=1S/C12H21FO2S/c1-3-4-5-6-7-10-16-12(13)8-9-15-11(2)14/h8H,3-7,9-10H2,1-2H3/b12-8-. The van der Waals surface area contributed by atoms with Crippen LogP contribution in [0.25, 0.3) is 0 Å². The first-order chi connectivity index (χ1) is 7.66. The van der Waals surface area contributed by atoms with Gasteiger partial charge in [-0.3, -0.25) is 4.79 Å². The molecule has 0 aliphatic rings. The summed E-state index contributed by atoms with van der Waals surface area (Å²) in [7, 11) is 0. The minimum atomic E-state index is -0.381. The molecule has 0 amide bonds. The van der Waals surface area contributed by atoms with E-state index in [0.717, 1.165) is 18.6 Å². The van der Waals surface area contributed by atoms with Crippen molar-refractivity contribution in [2.24, 2.45) is 0 Å². The minimum Gasteiger partial charge on any atom is -0.462 e. The molecule has 0 atom stereocenters.